The second-order valence-electron chi connectivity index (χ2n) is 4.90. The van der Waals surface area contributed by atoms with E-state index in [2.05, 4.69) is 15.2 Å². The van der Waals surface area contributed by atoms with Crippen LogP contribution < -0.4 is 16.0 Å². The maximum absolute atomic E-state index is 11.7. The van der Waals surface area contributed by atoms with Gasteiger partial charge in [-0.3, -0.25) is 4.79 Å². The number of pyridine rings is 1. The van der Waals surface area contributed by atoms with Gasteiger partial charge in [0.15, 0.2) is 0 Å². The zero-order valence-corrected chi connectivity index (χ0v) is 12.2. The molecule has 1 atom stereocenters. The molecule has 1 fully saturated rings. The molecule has 21 heavy (non-hydrogen) atoms. The molecule has 0 aliphatic carbocycles. The Hall–Kier alpha value is -1.70. The van der Waals surface area contributed by atoms with E-state index >= 15 is 0 Å². The molecule has 1 aliphatic heterocycles. The average molecular weight is 294 g/mol. The number of nitrogens with zero attached hydrogens (tertiary/aromatic N) is 2. The zero-order valence-electron chi connectivity index (χ0n) is 12.2. The minimum atomic E-state index is -0.643. The summed E-state index contributed by atoms with van der Waals surface area (Å²) in [5.41, 5.74) is 6.58. The molecular formula is C14H22N4O3. The number of nitrogens with two attached hydrogens (primary N) is 1. The molecule has 1 aliphatic rings. The molecule has 7 heteroatoms. The van der Waals surface area contributed by atoms with Crippen molar-refractivity contribution in [1.82, 2.24) is 10.3 Å². The van der Waals surface area contributed by atoms with Crippen LogP contribution in [0.15, 0.2) is 18.3 Å². The monoisotopic (exact) mass is 294 g/mol. The molecule has 116 valence electrons. The van der Waals surface area contributed by atoms with E-state index in [9.17, 15) is 4.79 Å². The fourth-order valence-electron chi connectivity index (χ4n) is 2.08. The highest BCUT2D eigenvalue weighted by Crippen LogP contribution is 2.12. The number of anilines is 1. The molecule has 0 saturated carbocycles. The SMILES string of the molecule is COCC(N)C(=O)NCc1ccc(N2CCOCC2)nc1. The molecule has 1 amide bonds. The van der Waals surface area contributed by atoms with Crippen molar-refractivity contribution >= 4 is 11.7 Å². The number of carbonyl (C=O) groups excluding carboxylic acids is 1. The number of rotatable bonds is 6. The van der Waals surface area contributed by atoms with Crippen LogP contribution in [0.5, 0.6) is 0 Å². The molecule has 1 aromatic rings. The molecule has 1 unspecified atom stereocenters. The summed E-state index contributed by atoms with van der Waals surface area (Å²) in [7, 11) is 1.52. The van der Waals surface area contributed by atoms with Gasteiger partial charge in [0, 0.05) is 32.9 Å². The van der Waals surface area contributed by atoms with Gasteiger partial charge >= 0.3 is 0 Å². The van der Waals surface area contributed by atoms with E-state index in [1.807, 2.05) is 12.1 Å². The number of aromatic nitrogens is 1. The summed E-state index contributed by atoms with van der Waals surface area (Å²) in [4.78, 5) is 18.3. The Kier molecular flexibility index (Phi) is 5.91. The van der Waals surface area contributed by atoms with Gasteiger partial charge in [0.1, 0.15) is 11.9 Å². The van der Waals surface area contributed by atoms with Crippen molar-refractivity contribution in [3.05, 3.63) is 23.9 Å². The highest BCUT2D eigenvalue weighted by Gasteiger charge is 2.14. The lowest BCUT2D eigenvalue weighted by atomic mass is 10.2. The van der Waals surface area contributed by atoms with Crippen LogP contribution in [0.1, 0.15) is 5.56 Å². The Morgan fingerprint density at radius 3 is 2.90 bits per heavy atom. The Bertz CT molecular complexity index is 446. The van der Waals surface area contributed by atoms with E-state index in [1.54, 1.807) is 6.20 Å². The number of carbonyl (C=O) groups is 1. The minimum absolute atomic E-state index is 0.208. The maximum atomic E-state index is 11.7. The number of amides is 1. The first-order chi connectivity index (χ1) is 10.2. The minimum Gasteiger partial charge on any atom is -0.383 e. The number of nitrogens with one attached hydrogen (secondary N) is 1. The standard InChI is InChI=1S/C14H22N4O3/c1-20-10-12(15)14(19)17-9-11-2-3-13(16-8-11)18-4-6-21-7-5-18/h2-3,8,12H,4-7,9-10,15H2,1H3,(H,17,19). The van der Waals surface area contributed by atoms with Crippen LogP contribution in [0, 0.1) is 0 Å². The lowest BCUT2D eigenvalue weighted by molar-refractivity contribution is -0.123. The summed E-state index contributed by atoms with van der Waals surface area (Å²) in [5.74, 6) is 0.707. The molecule has 1 aromatic heterocycles. The normalized spacial score (nSPS) is 16.6. The highest BCUT2D eigenvalue weighted by molar-refractivity contribution is 5.81. The quantitative estimate of drug-likeness (QED) is 0.736. The second-order valence-corrected chi connectivity index (χ2v) is 4.90. The van der Waals surface area contributed by atoms with Crippen LogP contribution >= 0.6 is 0 Å². The van der Waals surface area contributed by atoms with Crippen molar-refractivity contribution in [3.63, 3.8) is 0 Å². The van der Waals surface area contributed by atoms with Gasteiger partial charge in [0.2, 0.25) is 5.91 Å². The summed E-state index contributed by atoms with van der Waals surface area (Å²) < 4.78 is 10.2. The third-order valence-corrected chi connectivity index (χ3v) is 3.29. The van der Waals surface area contributed by atoms with Crippen molar-refractivity contribution in [1.29, 1.82) is 0 Å². The van der Waals surface area contributed by atoms with E-state index in [0.717, 1.165) is 37.7 Å². The van der Waals surface area contributed by atoms with Crippen LogP contribution in [-0.4, -0.2) is 57.0 Å². The van der Waals surface area contributed by atoms with E-state index in [0.29, 0.717) is 6.54 Å². The van der Waals surface area contributed by atoms with Crippen molar-refractivity contribution in [2.45, 2.75) is 12.6 Å². The van der Waals surface area contributed by atoms with Gasteiger partial charge in [-0.05, 0) is 11.6 Å². The number of ether oxygens (including phenoxy) is 2. The van der Waals surface area contributed by atoms with E-state index in [1.165, 1.54) is 7.11 Å². The lowest BCUT2D eigenvalue weighted by Crippen LogP contribution is -2.43. The van der Waals surface area contributed by atoms with E-state index in [-0.39, 0.29) is 12.5 Å². The van der Waals surface area contributed by atoms with Gasteiger partial charge < -0.3 is 25.4 Å². The summed E-state index contributed by atoms with van der Waals surface area (Å²) in [5, 5.41) is 2.76. The van der Waals surface area contributed by atoms with E-state index < -0.39 is 6.04 Å². The molecule has 0 bridgehead atoms. The fourth-order valence-corrected chi connectivity index (χ4v) is 2.08. The van der Waals surface area contributed by atoms with Crippen LogP contribution in [0.2, 0.25) is 0 Å². The molecule has 0 aromatic carbocycles. The average Bonchev–Trinajstić information content (AvgIpc) is 2.54. The van der Waals surface area contributed by atoms with Gasteiger partial charge in [-0.2, -0.15) is 0 Å². The molecule has 0 spiro atoms. The van der Waals surface area contributed by atoms with Gasteiger partial charge in [-0.1, -0.05) is 6.07 Å². The van der Waals surface area contributed by atoms with Gasteiger partial charge in [0.25, 0.3) is 0 Å². The molecule has 1 saturated heterocycles. The van der Waals surface area contributed by atoms with Crippen molar-refractivity contribution in [2.75, 3.05) is 44.9 Å². The molecule has 2 rings (SSSR count). The third kappa shape index (κ3) is 4.66. The number of hydrogen-bond donors (Lipinski definition) is 2. The number of methoxy groups -OCH3 is 1. The first-order valence-electron chi connectivity index (χ1n) is 7.00. The summed E-state index contributed by atoms with van der Waals surface area (Å²) in [6.07, 6.45) is 1.77. The van der Waals surface area contributed by atoms with Gasteiger partial charge in [-0.15, -0.1) is 0 Å². The zero-order chi connectivity index (χ0) is 15.1. The maximum Gasteiger partial charge on any atom is 0.239 e. The lowest BCUT2D eigenvalue weighted by Gasteiger charge is -2.27. The predicted molar refractivity (Wildman–Crippen MR) is 79.0 cm³/mol. The number of hydrogen-bond acceptors (Lipinski definition) is 6. The van der Waals surface area contributed by atoms with Crippen LogP contribution in [0.25, 0.3) is 0 Å². The Morgan fingerprint density at radius 1 is 1.52 bits per heavy atom. The Morgan fingerprint density at radius 2 is 2.29 bits per heavy atom. The highest BCUT2D eigenvalue weighted by atomic mass is 16.5. The largest absolute Gasteiger partial charge is 0.383 e. The van der Waals surface area contributed by atoms with Crippen LogP contribution in [0.4, 0.5) is 5.82 Å². The van der Waals surface area contributed by atoms with Crippen molar-refractivity contribution in [3.8, 4) is 0 Å². The Balaban J connectivity index is 1.83. The van der Waals surface area contributed by atoms with Crippen LogP contribution in [-0.2, 0) is 20.8 Å². The molecule has 2 heterocycles. The van der Waals surface area contributed by atoms with Crippen LogP contribution in [0.3, 0.4) is 0 Å². The third-order valence-electron chi connectivity index (χ3n) is 3.29. The first-order valence-corrected chi connectivity index (χ1v) is 7.00. The summed E-state index contributed by atoms with van der Waals surface area (Å²) in [6.45, 7) is 3.80. The molecule has 7 nitrogen and oxygen atoms in total. The topological polar surface area (TPSA) is 89.7 Å². The Labute approximate surface area is 124 Å². The first kappa shape index (κ1) is 15.7. The van der Waals surface area contributed by atoms with Crippen molar-refractivity contribution < 1.29 is 14.3 Å². The summed E-state index contributed by atoms with van der Waals surface area (Å²) >= 11 is 0. The smallest absolute Gasteiger partial charge is 0.239 e. The summed E-state index contributed by atoms with van der Waals surface area (Å²) in [6, 6.07) is 3.28. The fraction of sp³-hybridized carbons (Fsp3) is 0.571. The molecule has 3 N–H and O–H groups in total. The molecule has 0 radical (unpaired) electrons. The van der Waals surface area contributed by atoms with Gasteiger partial charge in [0.05, 0.1) is 19.8 Å². The predicted octanol–water partition coefficient (Wildman–Crippen LogP) is -0.492. The van der Waals surface area contributed by atoms with E-state index in [4.69, 9.17) is 15.2 Å². The van der Waals surface area contributed by atoms with Crippen molar-refractivity contribution in [2.24, 2.45) is 5.73 Å². The number of morpholine rings is 1. The van der Waals surface area contributed by atoms with Gasteiger partial charge in [-0.25, -0.2) is 4.98 Å². The second kappa shape index (κ2) is 7.92. The molecular weight excluding hydrogens is 272 g/mol.